The number of halogens is 1. The van der Waals surface area contributed by atoms with Crippen molar-refractivity contribution < 1.29 is 8.42 Å². The number of allylic oxidation sites excluding steroid dienone is 4. The normalized spacial score (nSPS) is 20.0. The van der Waals surface area contributed by atoms with Crippen LogP contribution in [0.2, 0.25) is 5.02 Å². The third-order valence-electron chi connectivity index (χ3n) is 5.47. The number of nitrogens with zero attached hydrogens (tertiary/aromatic N) is 1. The average Bonchev–Trinajstić information content (AvgIpc) is 2.69. The molecule has 5 heteroatoms. The van der Waals surface area contributed by atoms with Crippen LogP contribution in [0, 0.1) is 11.8 Å². The second-order valence-corrected chi connectivity index (χ2v) is 9.38. The van der Waals surface area contributed by atoms with E-state index in [0.717, 1.165) is 30.0 Å². The molecule has 3 nitrogen and oxygen atoms in total. The van der Waals surface area contributed by atoms with Crippen LogP contribution in [0.4, 0.5) is 0 Å². The number of benzene rings is 2. The molecule has 2 aliphatic rings. The Morgan fingerprint density at radius 1 is 1.00 bits per heavy atom. The Bertz CT molecular complexity index is 961. The first-order chi connectivity index (χ1) is 12.6. The average molecular weight is 388 g/mol. The van der Waals surface area contributed by atoms with Crippen molar-refractivity contribution in [3.05, 3.63) is 65.7 Å². The summed E-state index contributed by atoms with van der Waals surface area (Å²) in [5, 5.41) is 2.37. The van der Waals surface area contributed by atoms with Gasteiger partial charge >= 0.3 is 0 Å². The summed E-state index contributed by atoms with van der Waals surface area (Å²) in [5.74, 6) is 0.987. The number of fused-ring (bicyclic) bond motifs is 1. The Kier molecular flexibility index (Phi) is 4.91. The van der Waals surface area contributed by atoms with Gasteiger partial charge < -0.3 is 0 Å². The Morgan fingerprint density at radius 2 is 1.73 bits per heavy atom. The summed E-state index contributed by atoms with van der Waals surface area (Å²) in [5.41, 5.74) is 0. The van der Waals surface area contributed by atoms with E-state index in [9.17, 15) is 8.42 Å². The van der Waals surface area contributed by atoms with E-state index < -0.39 is 10.0 Å². The molecule has 2 aromatic carbocycles. The summed E-state index contributed by atoms with van der Waals surface area (Å²) in [6.45, 7) is 1.16. The van der Waals surface area contributed by atoms with E-state index >= 15 is 0 Å². The SMILES string of the molecule is O=S(=O)(c1ccc2c(Cl)cccc2c1)N1CCC(C2C=CCC=C2)CC1. The molecule has 26 heavy (non-hydrogen) atoms. The Hall–Kier alpha value is -1.62. The van der Waals surface area contributed by atoms with Crippen LogP contribution in [0.1, 0.15) is 19.3 Å². The highest BCUT2D eigenvalue weighted by atomic mass is 35.5. The molecule has 4 rings (SSSR count). The molecule has 0 N–H and O–H groups in total. The van der Waals surface area contributed by atoms with Gasteiger partial charge in [0.25, 0.3) is 0 Å². The molecule has 0 unspecified atom stereocenters. The quantitative estimate of drug-likeness (QED) is 0.693. The van der Waals surface area contributed by atoms with Crippen molar-refractivity contribution in [3.8, 4) is 0 Å². The molecule has 1 fully saturated rings. The molecule has 0 bridgehead atoms. The van der Waals surface area contributed by atoms with Crippen LogP contribution >= 0.6 is 11.6 Å². The summed E-state index contributed by atoms with van der Waals surface area (Å²) in [6.07, 6.45) is 11.7. The zero-order valence-corrected chi connectivity index (χ0v) is 16.1. The van der Waals surface area contributed by atoms with Crippen molar-refractivity contribution in [1.29, 1.82) is 0 Å². The van der Waals surface area contributed by atoms with Gasteiger partial charge in [0.05, 0.1) is 4.90 Å². The van der Waals surface area contributed by atoms with E-state index in [1.807, 2.05) is 18.2 Å². The molecule has 0 saturated carbocycles. The van der Waals surface area contributed by atoms with Crippen LogP contribution in [0.3, 0.4) is 0 Å². The van der Waals surface area contributed by atoms with Crippen LogP contribution < -0.4 is 0 Å². The molecule has 1 aliphatic carbocycles. The van der Waals surface area contributed by atoms with E-state index in [4.69, 9.17) is 11.6 Å². The molecule has 2 aromatic rings. The minimum absolute atomic E-state index is 0.350. The lowest BCUT2D eigenvalue weighted by molar-refractivity contribution is 0.250. The van der Waals surface area contributed by atoms with Crippen LogP contribution in [0.15, 0.2) is 65.6 Å². The lowest BCUT2D eigenvalue weighted by Crippen LogP contribution is -2.39. The van der Waals surface area contributed by atoms with Crippen LogP contribution in [-0.4, -0.2) is 25.8 Å². The predicted molar refractivity (Wildman–Crippen MR) is 107 cm³/mol. The summed E-state index contributed by atoms with van der Waals surface area (Å²) in [7, 11) is -3.47. The Labute approximate surface area is 160 Å². The standard InChI is InChI=1S/C21H22ClNO2S/c22-21-8-4-7-18-15-19(9-10-20(18)21)26(24,25)23-13-11-17(12-14-23)16-5-2-1-3-6-16/h2-10,15-17H,1,11-14H2. The van der Waals surface area contributed by atoms with Crippen LogP contribution in [0.5, 0.6) is 0 Å². The predicted octanol–water partition coefficient (Wildman–Crippen LogP) is 5.03. The van der Waals surface area contributed by atoms with Crippen molar-refractivity contribution in [1.82, 2.24) is 4.31 Å². The summed E-state index contributed by atoms with van der Waals surface area (Å²) in [4.78, 5) is 0.350. The minimum Gasteiger partial charge on any atom is -0.207 e. The first kappa shape index (κ1) is 17.8. The fourth-order valence-electron chi connectivity index (χ4n) is 3.96. The van der Waals surface area contributed by atoms with Crippen molar-refractivity contribution in [2.24, 2.45) is 11.8 Å². The zero-order chi connectivity index (χ0) is 18.1. The highest BCUT2D eigenvalue weighted by Gasteiger charge is 2.31. The van der Waals surface area contributed by atoms with Crippen molar-refractivity contribution in [3.63, 3.8) is 0 Å². The molecule has 1 aliphatic heterocycles. The molecule has 136 valence electrons. The third kappa shape index (κ3) is 3.34. The fourth-order valence-corrected chi connectivity index (χ4v) is 5.71. The van der Waals surface area contributed by atoms with Gasteiger partial charge in [0.15, 0.2) is 0 Å². The van der Waals surface area contributed by atoms with Gasteiger partial charge in [-0.05, 0) is 54.7 Å². The second-order valence-electron chi connectivity index (χ2n) is 7.03. The van der Waals surface area contributed by atoms with E-state index in [0.29, 0.717) is 34.8 Å². The van der Waals surface area contributed by atoms with Crippen molar-refractivity contribution >= 4 is 32.4 Å². The van der Waals surface area contributed by atoms with Gasteiger partial charge in [0, 0.05) is 23.5 Å². The molecule has 1 heterocycles. The molecule has 1 saturated heterocycles. The van der Waals surface area contributed by atoms with Gasteiger partial charge in [-0.2, -0.15) is 4.31 Å². The molecule has 0 aromatic heterocycles. The molecular weight excluding hydrogens is 366 g/mol. The first-order valence-corrected chi connectivity index (χ1v) is 10.9. The van der Waals surface area contributed by atoms with Crippen molar-refractivity contribution in [2.45, 2.75) is 24.2 Å². The summed E-state index contributed by atoms with van der Waals surface area (Å²) in [6, 6.07) is 10.8. The van der Waals surface area contributed by atoms with Crippen molar-refractivity contribution in [2.75, 3.05) is 13.1 Å². The highest BCUT2D eigenvalue weighted by Crippen LogP contribution is 2.32. The Morgan fingerprint density at radius 3 is 2.46 bits per heavy atom. The van der Waals surface area contributed by atoms with Gasteiger partial charge in [0.1, 0.15) is 0 Å². The van der Waals surface area contributed by atoms with Gasteiger partial charge in [-0.1, -0.05) is 54.1 Å². The molecule has 0 spiro atoms. The minimum atomic E-state index is -3.47. The summed E-state index contributed by atoms with van der Waals surface area (Å²) < 4.78 is 27.8. The largest absolute Gasteiger partial charge is 0.243 e. The monoisotopic (exact) mass is 387 g/mol. The van der Waals surface area contributed by atoms with Crippen LogP contribution in [0.25, 0.3) is 10.8 Å². The van der Waals surface area contributed by atoms with Gasteiger partial charge in [-0.15, -0.1) is 0 Å². The second kappa shape index (κ2) is 7.18. The van der Waals surface area contributed by atoms with Gasteiger partial charge in [-0.3, -0.25) is 0 Å². The topological polar surface area (TPSA) is 37.4 Å². The zero-order valence-electron chi connectivity index (χ0n) is 14.5. The van der Waals surface area contributed by atoms with E-state index in [1.54, 1.807) is 22.5 Å². The maximum absolute atomic E-state index is 13.1. The fraction of sp³-hybridized carbons (Fsp3) is 0.333. The lowest BCUT2D eigenvalue weighted by atomic mass is 9.83. The molecule has 0 radical (unpaired) electrons. The number of piperidine rings is 1. The summed E-state index contributed by atoms with van der Waals surface area (Å²) >= 11 is 6.19. The maximum atomic E-state index is 13.1. The molecule has 0 amide bonds. The van der Waals surface area contributed by atoms with E-state index in [2.05, 4.69) is 24.3 Å². The maximum Gasteiger partial charge on any atom is 0.243 e. The number of rotatable bonds is 3. The van der Waals surface area contributed by atoms with E-state index in [-0.39, 0.29) is 0 Å². The highest BCUT2D eigenvalue weighted by molar-refractivity contribution is 7.89. The Balaban J connectivity index is 1.53. The number of sulfonamides is 1. The molecule has 0 atom stereocenters. The third-order valence-corrected chi connectivity index (χ3v) is 7.69. The van der Waals surface area contributed by atoms with E-state index in [1.165, 1.54) is 0 Å². The smallest absolute Gasteiger partial charge is 0.207 e. The number of hydrogen-bond acceptors (Lipinski definition) is 2. The molecular formula is C21H22ClNO2S. The van der Waals surface area contributed by atoms with Gasteiger partial charge in [-0.25, -0.2) is 8.42 Å². The van der Waals surface area contributed by atoms with Crippen LogP contribution in [-0.2, 0) is 10.0 Å². The van der Waals surface area contributed by atoms with Gasteiger partial charge in [0.2, 0.25) is 10.0 Å². The number of hydrogen-bond donors (Lipinski definition) is 0. The first-order valence-electron chi connectivity index (χ1n) is 9.07. The lowest BCUT2D eigenvalue weighted by Gasteiger charge is -2.34.